The van der Waals surface area contributed by atoms with Gasteiger partial charge < -0.3 is 10.2 Å². The van der Waals surface area contributed by atoms with Gasteiger partial charge in [0.15, 0.2) is 5.78 Å². The number of nitrogens with one attached hydrogen (secondary N) is 1. The first-order chi connectivity index (χ1) is 13.1. The molecule has 1 aromatic carbocycles. The molecule has 5 heteroatoms. The Morgan fingerprint density at radius 1 is 1.19 bits per heavy atom. The first kappa shape index (κ1) is 19.3. The highest BCUT2D eigenvalue weighted by Gasteiger charge is 2.22. The zero-order valence-electron chi connectivity index (χ0n) is 16.4. The lowest BCUT2D eigenvalue weighted by Gasteiger charge is -2.26. The molecule has 1 heterocycles. The van der Waals surface area contributed by atoms with Crippen LogP contribution < -0.4 is 10.2 Å². The molecule has 0 radical (unpaired) electrons. The Hall–Kier alpha value is -2.43. The van der Waals surface area contributed by atoms with Crippen LogP contribution in [0.4, 0.5) is 11.8 Å². The van der Waals surface area contributed by atoms with Gasteiger partial charge >= 0.3 is 0 Å². The van der Waals surface area contributed by atoms with Crippen molar-refractivity contribution < 1.29 is 4.79 Å². The monoisotopic (exact) mass is 366 g/mol. The molecule has 2 aromatic rings. The van der Waals surface area contributed by atoms with Crippen molar-refractivity contribution in [1.29, 1.82) is 0 Å². The summed E-state index contributed by atoms with van der Waals surface area (Å²) in [4.78, 5) is 23.2. The van der Waals surface area contributed by atoms with Gasteiger partial charge in [0, 0.05) is 19.8 Å². The standard InChI is InChI=1S/C22H30N4O/c1-17(27)20(15-18-9-5-3-6-10-18)24-21-13-14-23-22(25-21)26(2)16-19-11-7-4-8-12-19/h4,7-8,11-14,18,20H,3,5-6,9-10,15-16H2,1-2H3,(H,23,24,25)/t20-/m0/s1. The van der Waals surface area contributed by atoms with Gasteiger partial charge in [0.1, 0.15) is 5.82 Å². The summed E-state index contributed by atoms with van der Waals surface area (Å²) in [5, 5.41) is 3.36. The summed E-state index contributed by atoms with van der Waals surface area (Å²) in [6.07, 6.45) is 9.03. The quantitative estimate of drug-likeness (QED) is 0.748. The molecule has 5 nitrogen and oxygen atoms in total. The Kier molecular flexibility index (Phi) is 6.80. The van der Waals surface area contributed by atoms with Crippen LogP contribution in [0, 0.1) is 5.92 Å². The van der Waals surface area contributed by atoms with Gasteiger partial charge in [0.25, 0.3) is 0 Å². The molecule has 1 aromatic heterocycles. The van der Waals surface area contributed by atoms with Crippen molar-refractivity contribution in [2.45, 2.75) is 58.0 Å². The molecular formula is C22H30N4O. The predicted molar refractivity (Wildman–Crippen MR) is 110 cm³/mol. The fourth-order valence-electron chi connectivity index (χ4n) is 3.80. The molecule has 1 N–H and O–H groups in total. The van der Waals surface area contributed by atoms with Crippen molar-refractivity contribution >= 4 is 17.5 Å². The van der Waals surface area contributed by atoms with Crippen LogP contribution in [0.15, 0.2) is 42.6 Å². The molecule has 1 fully saturated rings. The number of hydrogen-bond donors (Lipinski definition) is 1. The van der Waals surface area contributed by atoms with Crippen LogP contribution >= 0.6 is 0 Å². The van der Waals surface area contributed by atoms with E-state index in [1.165, 1.54) is 37.7 Å². The lowest BCUT2D eigenvalue weighted by molar-refractivity contribution is -0.118. The minimum Gasteiger partial charge on any atom is -0.360 e. The number of ketones is 1. The Bertz CT molecular complexity index is 728. The molecule has 0 saturated heterocycles. The Morgan fingerprint density at radius 2 is 1.93 bits per heavy atom. The van der Waals surface area contributed by atoms with Crippen LogP contribution in [0.5, 0.6) is 0 Å². The van der Waals surface area contributed by atoms with Gasteiger partial charge in [-0.05, 0) is 30.9 Å². The topological polar surface area (TPSA) is 58.1 Å². The summed E-state index contributed by atoms with van der Waals surface area (Å²) < 4.78 is 0. The van der Waals surface area contributed by atoms with E-state index < -0.39 is 0 Å². The SMILES string of the molecule is CC(=O)[C@H](CC1CCCCC1)Nc1ccnc(N(C)Cc2ccccc2)n1. The van der Waals surface area contributed by atoms with Crippen molar-refractivity contribution in [3.63, 3.8) is 0 Å². The Morgan fingerprint density at radius 3 is 2.63 bits per heavy atom. The number of aromatic nitrogens is 2. The molecule has 27 heavy (non-hydrogen) atoms. The van der Waals surface area contributed by atoms with Crippen LogP contribution in [0.3, 0.4) is 0 Å². The van der Waals surface area contributed by atoms with Crippen LogP contribution in [-0.4, -0.2) is 28.8 Å². The second kappa shape index (κ2) is 9.49. The van der Waals surface area contributed by atoms with Crippen LogP contribution in [0.1, 0.15) is 51.0 Å². The maximum atomic E-state index is 12.2. The van der Waals surface area contributed by atoms with E-state index in [9.17, 15) is 4.79 Å². The molecule has 0 bridgehead atoms. The van der Waals surface area contributed by atoms with Gasteiger partial charge in [-0.1, -0.05) is 62.4 Å². The second-order valence-electron chi connectivity index (χ2n) is 7.63. The highest BCUT2D eigenvalue weighted by atomic mass is 16.1. The van der Waals surface area contributed by atoms with E-state index in [-0.39, 0.29) is 11.8 Å². The number of carbonyl (C=O) groups excluding carboxylic acids is 1. The third-order valence-corrected chi connectivity index (χ3v) is 5.35. The summed E-state index contributed by atoms with van der Waals surface area (Å²) in [5.41, 5.74) is 1.21. The smallest absolute Gasteiger partial charge is 0.227 e. The first-order valence-corrected chi connectivity index (χ1v) is 9.97. The van der Waals surface area contributed by atoms with E-state index in [0.29, 0.717) is 11.9 Å². The average Bonchev–Trinajstić information content (AvgIpc) is 2.69. The maximum absolute atomic E-state index is 12.2. The molecule has 0 spiro atoms. The van der Waals surface area contributed by atoms with E-state index in [1.807, 2.05) is 36.2 Å². The van der Waals surface area contributed by atoms with Crippen molar-refractivity contribution in [2.24, 2.45) is 5.92 Å². The number of anilines is 2. The minimum atomic E-state index is -0.171. The van der Waals surface area contributed by atoms with E-state index in [4.69, 9.17) is 0 Å². The van der Waals surface area contributed by atoms with Gasteiger partial charge in [-0.25, -0.2) is 4.98 Å². The summed E-state index contributed by atoms with van der Waals surface area (Å²) in [6, 6.07) is 11.9. The van der Waals surface area contributed by atoms with E-state index in [2.05, 4.69) is 27.4 Å². The summed E-state index contributed by atoms with van der Waals surface area (Å²) in [6.45, 7) is 2.41. The second-order valence-corrected chi connectivity index (χ2v) is 7.63. The van der Waals surface area contributed by atoms with Gasteiger partial charge in [0.05, 0.1) is 6.04 Å². The number of rotatable bonds is 8. The highest BCUT2D eigenvalue weighted by Crippen LogP contribution is 2.28. The van der Waals surface area contributed by atoms with Gasteiger partial charge in [-0.2, -0.15) is 4.98 Å². The molecule has 1 aliphatic carbocycles. The van der Waals surface area contributed by atoms with E-state index in [0.717, 1.165) is 18.8 Å². The fraction of sp³-hybridized carbons (Fsp3) is 0.500. The molecule has 0 unspecified atom stereocenters. The molecular weight excluding hydrogens is 336 g/mol. The highest BCUT2D eigenvalue weighted by molar-refractivity contribution is 5.84. The Labute approximate surface area is 162 Å². The number of Topliss-reactive ketones (excluding diaryl/α,β-unsaturated/α-hetero) is 1. The predicted octanol–water partition coefficient (Wildman–Crippen LogP) is 4.45. The number of benzene rings is 1. The lowest BCUT2D eigenvalue weighted by atomic mass is 9.84. The molecule has 1 saturated carbocycles. The van der Waals surface area contributed by atoms with Gasteiger partial charge in [0.2, 0.25) is 5.95 Å². The molecule has 1 atom stereocenters. The van der Waals surface area contributed by atoms with Crippen molar-refractivity contribution in [2.75, 3.05) is 17.3 Å². The number of hydrogen-bond acceptors (Lipinski definition) is 5. The maximum Gasteiger partial charge on any atom is 0.227 e. The third-order valence-electron chi connectivity index (χ3n) is 5.35. The zero-order valence-corrected chi connectivity index (χ0v) is 16.4. The number of nitrogens with zero attached hydrogens (tertiary/aromatic N) is 3. The largest absolute Gasteiger partial charge is 0.360 e. The van der Waals surface area contributed by atoms with Gasteiger partial charge in [-0.3, -0.25) is 4.79 Å². The molecule has 3 rings (SSSR count). The Balaban J connectivity index is 1.65. The molecule has 0 amide bonds. The molecule has 144 valence electrons. The molecule has 0 aliphatic heterocycles. The van der Waals surface area contributed by atoms with Crippen molar-refractivity contribution in [1.82, 2.24) is 9.97 Å². The first-order valence-electron chi connectivity index (χ1n) is 9.97. The van der Waals surface area contributed by atoms with Gasteiger partial charge in [-0.15, -0.1) is 0 Å². The lowest BCUT2D eigenvalue weighted by Crippen LogP contribution is -2.31. The third kappa shape index (κ3) is 5.78. The normalized spacial score (nSPS) is 15.9. The summed E-state index contributed by atoms with van der Waals surface area (Å²) in [7, 11) is 1.98. The average molecular weight is 367 g/mol. The van der Waals surface area contributed by atoms with Crippen LogP contribution in [0.25, 0.3) is 0 Å². The number of carbonyl (C=O) groups is 1. The minimum absolute atomic E-state index is 0.171. The van der Waals surface area contributed by atoms with E-state index >= 15 is 0 Å². The summed E-state index contributed by atoms with van der Waals surface area (Å²) >= 11 is 0. The molecule has 1 aliphatic rings. The van der Waals surface area contributed by atoms with Crippen LogP contribution in [0.2, 0.25) is 0 Å². The van der Waals surface area contributed by atoms with Crippen LogP contribution in [-0.2, 0) is 11.3 Å². The fourth-order valence-corrected chi connectivity index (χ4v) is 3.80. The van der Waals surface area contributed by atoms with Crippen molar-refractivity contribution in [3.8, 4) is 0 Å². The van der Waals surface area contributed by atoms with E-state index in [1.54, 1.807) is 13.1 Å². The van der Waals surface area contributed by atoms with Crippen molar-refractivity contribution in [3.05, 3.63) is 48.2 Å². The summed E-state index contributed by atoms with van der Waals surface area (Å²) in [5.74, 6) is 2.19. The zero-order chi connectivity index (χ0) is 19.1.